The van der Waals surface area contributed by atoms with Gasteiger partial charge in [-0.1, -0.05) is 34.6 Å². The van der Waals surface area contributed by atoms with Gasteiger partial charge in [-0.05, 0) is 25.2 Å². The smallest absolute Gasteiger partial charge is 0.326 e. The molecule has 0 aliphatic carbocycles. The van der Waals surface area contributed by atoms with E-state index in [1.54, 1.807) is 25.7 Å². The van der Waals surface area contributed by atoms with Gasteiger partial charge in [0, 0.05) is 12.6 Å². The van der Waals surface area contributed by atoms with Crippen LogP contribution in [0.2, 0.25) is 0 Å². The molecule has 0 unspecified atom stereocenters. The zero-order chi connectivity index (χ0) is 15.4. The first-order valence-electron chi connectivity index (χ1n) is 6.76. The van der Waals surface area contributed by atoms with Gasteiger partial charge in [0.25, 0.3) is 0 Å². The minimum absolute atomic E-state index is 0.0387. The lowest BCUT2D eigenvalue weighted by Crippen LogP contribution is -2.55. The van der Waals surface area contributed by atoms with E-state index in [9.17, 15) is 14.7 Å². The Morgan fingerprint density at radius 2 is 1.63 bits per heavy atom. The van der Waals surface area contributed by atoms with E-state index in [1.165, 1.54) is 0 Å². The molecular weight excluding hydrogens is 244 g/mol. The Balaban J connectivity index is 4.92. The van der Waals surface area contributed by atoms with E-state index in [1.807, 2.05) is 27.7 Å². The molecule has 0 bridgehead atoms. The monoisotopic (exact) mass is 272 g/mol. The van der Waals surface area contributed by atoms with E-state index in [-0.39, 0.29) is 12.1 Å². The summed E-state index contributed by atoms with van der Waals surface area (Å²) >= 11 is 0. The topological polar surface area (TPSA) is 69.6 Å². The Labute approximate surface area is 116 Å². The third-order valence-corrected chi connectivity index (χ3v) is 2.83. The molecule has 112 valence electrons. The van der Waals surface area contributed by atoms with E-state index in [0.29, 0.717) is 12.5 Å². The van der Waals surface area contributed by atoms with Crippen molar-refractivity contribution in [2.75, 3.05) is 6.54 Å². The Morgan fingerprint density at radius 1 is 1.16 bits per heavy atom. The van der Waals surface area contributed by atoms with Gasteiger partial charge in [-0.15, -0.1) is 0 Å². The summed E-state index contributed by atoms with van der Waals surface area (Å²) in [5.41, 5.74) is -0.526. The molecule has 5 nitrogen and oxygen atoms in total. The quantitative estimate of drug-likeness (QED) is 0.808. The van der Waals surface area contributed by atoms with Crippen molar-refractivity contribution in [3.05, 3.63) is 0 Å². The number of carbonyl (C=O) groups excluding carboxylic acids is 1. The highest BCUT2D eigenvalue weighted by molar-refractivity contribution is 5.83. The first-order chi connectivity index (χ1) is 8.46. The molecule has 0 saturated heterocycles. The summed E-state index contributed by atoms with van der Waals surface area (Å²) in [5.74, 6) is -0.667. The molecule has 19 heavy (non-hydrogen) atoms. The number of carboxylic acid groups (broad SMARTS) is 1. The number of nitrogens with zero attached hydrogens (tertiary/aromatic N) is 1. The number of urea groups is 1. The number of aliphatic carboxylic acids is 1. The van der Waals surface area contributed by atoms with Crippen LogP contribution in [0.15, 0.2) is 0 Å². The number of amides is 2. The number of carboxylic acids is 1. The van der Waals surface area contributed by atoms with Crippen molar-refractivity contribution in [1.29, 1.82) is 0 Å². The molecule has 5 heteroatoms. The van der Waals surface area contributed by atoms with Crippen LogP contribution in [-0.2, 0) is 4.79 Å². The molecule has 0 aromatic rings. The lowest BCUT2D eigenvalue weighted by Gasteiger charge is -2.33. The molecule has 0 spiro atoms. The molecule has 0 fully saturated rings. The number of hydrogen-bond donors (Lipinski definition) is 2. The molecule has 0 aromatic carbocycles. The Bertz CT molecular complexity index is 319. The predicted molar refractivity (Wildman–Crippen MR) is 76.1 cm³/mol. The summed E-state index contributed by atoms with van der Waals surface area (Å²) in [5, 5.41) is 11.9. The number of rotatable bonds is 5. The van der Waals surface area contributed by atoms with Gasteiger partial charge in [0.15, 0.2) is 0 Å². The molecule has 0 aromatic heterocycles. The van der Waals surface area contributed by atoms with Crippen LogP contribution in [0, 0.1) is 11.3 Å². The molecule has 0 aliphatic rings. The van der Waals surface area contributed by atoms with Gasteiger partial charge < -0.3 is 15.3 Å². The standard InChI is InChI=1S/C14H28N2O3/c1-9(2)8-16(10(3)4)13(19)15-11(12(17)18)14(5,6)7/h9-11H,8H2,1-7H3,(H,15,19)(H,17,18)/t11-/m1/s1. The van der Waals surface area contributed by atoms with Crippen molar-refractivity contribution in [3.63, 3.8) is 0 Å². The van der Waals surface area contributed by atoms with Gasteiger partial charge in [0.05, 0.1) is 0 Å². The van der Waals surface area contributed by atoms with E-state index in [4.69, 9.17) is 0 Å². The third kappa shape index (κ3) is 5.94. The zero-order valence-electron chi connectivity index (χ0n) is 13.2. The maximum atomic E-state index is 12.2. The lowest BCUT2D eigenvalue weighted by molar-refractivity contribution is -0.142. The van der Waals surface area contributed by atoms with Gasteiger partial charge in [-0.25, -0.2) is 9.59 Å². The molecule has 0 radical (unpaired) electrons. The maximum absolute atomic E-state index is 12.2. The number of nitrogens with one attached hydrogen (secondary N) is 1. The van der Waals surface area contributed by atoms with Crippen LogP contribution in [0.3, 0.4) is 0 Å². The van der Waals surface area contributed by atoms with Crippen molar-refractivity contribution < 1.29 is 14.7 Å². The average molecular weight is 272 g/mol. The highest BCUT2D eigenvalue weighted by Crippen LogP contribution is 2.20. The van der Waals surface area contributed by atoms with E-state index < -0.39 is 17.4 Å². The predicted octanol–water partition coefficient (Wildman–Crippen LogP) is 2.56. The van der Waals surface area contributed by atoms with Crippen LogP contribution in [-0.4, -0.2) is 40.6 Å². The van der Waals surface area contributed by atoms with Crippen molar-refractivity contribution >= 4 is 12.0 Å². The first-order valence-corrected chi connectivity index (χ1v) is 6.76. The van der Waals surface area contributed by atoms with Crippen LogP contribution in [0.5, 0.6) is 0 Å². The van der Waals surface area contributed by atoms with Crippen molar-refractivity contribution in [1.82, 2.24) is 10.2 Å². The molecule has 2 N–H and O–H groups in total. The highest BCUT2D eigenvalue weighted by Gasteiger charge is 2.34. The summed E-state index contributed by atoms with van der Waals surface area (Å²) in [6.07, 6.45) is 0. The number of hydrogen-bond acceptors (Lipinski definition) is 2. The Kier molecular flexibility index (Phi) is 6.33. The summed E-state index contributed by atoms with van der Waals surface area (Å²) < 4.78 is 0. The zero-order valence-corrected chi connectivity index (χ0v) is 13.2. The Hall–Kier alpha value is -1.26. The van der Waals surface area contributed by atoms with Gasteiger partial charge in [0.1, 0.15) is 6.04 Å². The van der Waals surface area contributed by atoms with E-state index >= 15 is 0 Å². The van der Waals surface area contributed by atoms with Crippen LogP contribution < -0.4 is 5.32 Å². The molecule has 0 aliphatic heterocycles. The van der Waals surface area contributed by atoms with Gasteiger partial charge in [-0.3, -0.25) is 0 Å². The number of carbonyl (C=O) groups is 2. The van der Waals surface area contributed by atoms with Gasteiger partial charge in [-0.2, -0.15) is 0 Å². The summed E-state index contributed by atoms with van der Waals surface area (Å²) in [4.78, 5) is 25.2. The van der Waals surface area contributed by atoms with E-state index in [0.717, 1.165) is 0 Å². The van der Waals surface area contributed by atoms with Crippen molar-refractivity contribution in [3.8, 4) is 0 Å². The van der Waals surface area contributed by atoms with Crippen molar-refractivity contribution in [2.24, 2.45) is 11.3 Å². The van der Waals surface area contributed by atoms with Crippen LogP contribution in [0.25, 0.3) is 0 Å². The summed E-state index contributed by atoms with van der Waals surface area (Å²) in [7, 11) is 0. The maximum Gasteiger partial charge on any atom is 0.326 e. The molecule has 2 amide bonds. The molecular formula is C14H28N2O3. The molecule has 0 saturated carbocycles. The Morgan fingerprint density at radius 3 is 1.89 bits per heavy atom. The molecule has 0 heterocycles. The molecule has 1 atom stereocenters. The fourth-order valence-corrected chi connectivity index (χ4v) is 1.78. The largest absolute Gasteiger partial charge is 0.480 e. The fourth-order valence-electron chi connectivity index (χ4n) is 1.78. The second-order valence-electron chi connectivity index (χ2n) is 6.73. The highest BCUT2D eigenvalue weighted by atomic mass is 16.4. The third-order valence-electron chi connectivity index (χ3n) is 2.83. The average Bonchev–Trinajstić information content (AvgIpc) is 2.19. The van der Waals surface area contributed by atoms with Gasteiger partial charge >= 0.3 is 12.0 Å². The van der Waals surface area contributed by atoms with E-state index in [2.05, 4.69) is 5.32 Å². The van der Waals surface area contributed by atoms with Crippen LogP contribution in [0.4, 0.5) is 4.79 Å². The minimum atomic E-state index is -1.01. The summed E-state index contributed by atoms with van der Waals surface area (Å²) in [6.45, 7) is 13.9. The first kappa shape index (κ1) is 17.7. The second kappa shape index (κ2) is 6.78. The molecule has 0 rings (SSSR count). The lowest BCUT2D eigenvalue weighted by atomic mass is 9.87. The summed E-state index contributed by atoms with van der Waals surface area (Å²) in [6, 6.07) is -1.17. The fraction of sp³-hybridized carbons (Fsp3) is 0.857. The van der Waals surface area contributed by atoms with Gasteiger partial charge in [0.2, 0.25) is 0 Å². The minimum Gasteiger partial charge on any atom is -0.480 e. The van der Waals surface area contributed by atoms with Crippen molar-refractivity contribution in [2.45, 2.75) is 60.5 Å². The normalized spacial score (nSPS) is 13.5. The van der Waals surface area contributed by atoms with Crippen LogP contribution >= 0.6 is 0 Å². The second-order valence-corrected chi connectivity index (χ2v) is 6.73. The van der Waals surface area contributed by atoms with Crippen LogP contribution in [0.1, 0.15) is 48.5 Å². The SMILES string of the molecule is CC(C)CN(C(=O)N[C@H](C(=O)O)C(C)(C)C)C(C)C.